The Kier molecular flexibility index (Phi) is 15.3. The number of aliphatic hydroxyl groups is 1. The summed E-state index contributed by atoms with van der Waals surface area (Å²) >= 11 is 0. The molecule has 1 unspecified atom stereocenters. The summed E-state index contributed by atoms with van der Waals surface area (Å²) in [5, 5.41) is 8.11. The SMILES string of the molecule is CCC(CCCCCCCCCCCCCCCO)S(=O)(=O)O. The number of unbranched alkanes of at least 4 members (excludes halogenated alkanes) is 12. The van der Waals surface area contributed by atoms with Gasteiger partial charge in [-0.25, -0.2) is 0 Å². The summed E-state index contributed by atoms with van der Waals surface area (Å²) < 4.78 is 31.2. The van der Waals surface area contributed by atoms with E-state index in [9.17, 15) is 8.42 Å². The third-order valence-electron chi connectivity index (χ3n) is 4.56. The van der Waals surface area contributed by atoms with Crippen molar-refractivity contribution in [3.8, 4) is 0 Å². The van der Waals surface area contributed by atoms with Crippen molar-refractivity contribution in [3.63, 3.8) is 0 Å². The standard InChI is InChI=1S/C18H38O4S/c1-2-18(23(20,21)22)16-14-12-10-8-6-4-3-5-7-9-11-13-15-17-19/h18-19H,2-17H2,1H3,(H,20,21,22). The van der Waals surface area contributed by atoms with Crippen LogP contribution in [0.3, 0.4) is 0 Å². The lowest BCUT2D eigenvalue weighted by atomic mass is 10.0. The van der Waals surface area contributed by atoms with Crippen LogP contribution in [0.2, 0.25) is 0 Å². The molecule has 0 aromatic heterocycles. The highest BCUT2D eigenvalue weighted by Gasteiger charge is 2.19. The Morgan fingerprint density at radius 3 is 1.35 bits per heavy atom. The van der Waals surface area contributed by atoms with Crippen LogP contribution in [0.4, 0.5) is 0 Å². The minimum absolute atomic E-state index is 0.328. The molecule has 1 atom stereocenters. The van der Waals surface area contributed by atoms with Crippen LogP contribution in [0.1, 0.15) is 103 Å². The number of rotatable bonds is 17. The van der Waals surface area contributed by atoms with Crippen molar-refractivity contribution >= 4 is 10.1 Å². The monoisotopic (exact) mass is 350 g/mol. The zero-order chi connectivity index (χ0) is 17.4. The van der Waals surface area contributed by atoms with E-state index in [4.69, 9.17) is 9.66 Å². The second-order valence-electron chi connectivity index (χ2n) is 6.65. The van der Waals surface area contributed by atoms with Gasteiger partial charge in [0.25, 0.3) is 10.1 Å². The lowest BCUT2D eigenvalue weighted by molar-refractivity contribution is 0.282. The van der Waals surface area contributed by atoms with E-state index in [0.29, 0.717) is 19.4 Å². The quantitative estimate of drug-likeness (QED) is 0.282. The molecule has 0 saturated heterocycles. The maximum Gasteiger partial charge on any atom is 0.267 e. The first kappa shape index (κ1) is 22.9. The fourth-order valence-electron chi connectivity index (χ4n) is 2.99. The Morgan fingerprint density at radius 2 is 1.04 bits per heavy atom. The predicted molar refractivity (Wildman–Crippen MR) is 97.4 cm³/mol. The molecule has 0 aliphatic carbocycles. The molecular formula is C18H38O4S. The smallest absolute Gasteiger partial charge is 0.267 e. The summed E-state index contributed by atoms with van der Waals surface area (Å²) in [5.74, 6) is 0. The zero-order valence-electron chi connectivity index (χ0n) is 15.0. The van der Waals surface area contributed by atoms with Gasteiger partial charge in [0, 0.05) is 6.61 Å². The van der Waals surface area contributed by atoms with Crippen LogP contribution in [0.15, 0.2) is 0 Å². The molecule has 5 heteroatoms. The molecule has 0 bridgehead atoms. The second kappa shape index (κ2) is 15.4. The Balaban J connectivity index is 3.25. The van der Waals surface area contributed by atoms with Crippen molar-refractivity contribution in [3.05, 3.63) is 0 Å². The molecule has 0 aliphatic heterocycles. The topological polar surface area (TPSA) is 74.6 Å². The van der Waals surface area contributed by atoms with Gasteiger partial charge in [0.15, 0.2) is 0 Å². The minimum Gasteiger partial charge on any atom is -0.396 e. The molecule has 140 valence electrons. The third-order valence-corrected chi connectivity index (χ3v) is 5.97. The molecule has 0 aromatic carbocycles. The molecule has 2 N–H and O–H groups in total. The third kappa shape index (κ3) is 15.2. The van der Waals surface area contributed by atoms with Crippen molar-refractivity contribution in [1.82, 2.24) is 0 Å². The Morgan fingerprint density at radius 1 is 0.696 bits per heavy atom. The van der Waals surface area contributed by atoms with Gasteiger partial charge in [-0.1, -0.05) is 84.0 Å². The van der Waals surface area contributed by atoms with Crippen molar-refractivity contribution in [2.75, 3.05) is 6.61 Å². The van der Waals surface area contributed by atoms with Crippen LogP contribution < -0.4 is 0 Å². The molecule has 4 nitrogen and oxygen atoms in total. The van der Waals surface area contributed by atoms with Crippen molar-refractivity contribution in [1.29, 1.82) is 0 Å². The van der Waals surface area contributed by atoms with E-state index in [1.807, 2.05) is 6.92 Å². The molecule has 0 fully saturated rings. The average Bonchev–Trinajstić information content (AvgIpc) is 2.50. The highest BCUT2D eigenvalue weighted by Crippen LogP contribution is 2.16. The molecular weight excluding hydrogens is 312 g/mol. The van der Waals surface area contributed by atoms with Gasteiger partial charge in [-0.15, -0.1) is 0 Å². The molecule has 0 aliphatic rings. The van der Waals surface area contributed by atoms with Crippen LogP contribution in [0.5, 0.6) is 0 Å². The molecule has 0 aromatic rings. The molecule has 0 heterocycles. The van der Waals surface area contributed by atoms with E-state index in [1.165, 1.54) is 57.8 Å². The van der Waals surface area contributed by atoms with E-state index >= 15 is 0 Å². The van der Waals surface area contributed by atoms with Gasteiger partial charge < -0.3 is 5.11 Å². The zero-order valence-corrected chi connectivity index (χ0v) is 15.8. The van der Waals surface area contributed by atoms with E-state index in [1.54, 1.807) is 0 Å². The van der Waals surface area contributed by atoms with Crippen LogP contribution >= 0.6 is 0 Å². The van der Waals surface area contributed by atoms with Crippen LogP contribution in [0.25, 0.3) is 0 Å². The maximum absolute atomic E-state index is 11.1. The van der Waals surface area contributed by atoms with Gasteiger partial charge in [-0.2, -0.15) is 8.42 Å². The van der Waals surface area contributed by atoms with Crippen LogP contribution in [0, 0.1) is 0 Å². The van der Waals surface area contributed by atoms with Crippen LogP contribution in [-0.4, -0.2) is 29.9 Å². The lowest BCUT2D eigenvalue weighted by Crippen LogP contribution is -2.19. The van der Waals surface area contributed by atoms with Crippen LogP contribution in [-0.2, 0) is 10.1 Å². The highest BCUT2D eigenvalue weighted by molar-refractivity contribution is 7.86. The largest absolute Gasteiger partial charge is 0.396 e. The summed E-state index contributed by atoms with van der Waals surface area (Å²) in [4.78, 5) is 0. The first-order chi connectivity index (χ1) is 11.0. The van der Waals surface area contributed by atoms with Gasteiger partial charge in [0.2, 0.25) is 0 Å². The van der Waals surface area contributed by atoms with E-state index in [0.717, 1.165) is 25.7 Å². The van der Waals surface area contributed by atoms with E-state index in [-0.39, 0.29) is 0 Å². The Labute approximate surface area is 143 Å². The highest BCUT2D eigenvalue weighted by atomic mass is 32.2. The van der Waals surface area contributed by atoms with Crippen molar-refractivity contribution in [2.45, 2.75) is 108 Å². The molecule has 0 radical (unpaired) electrons. The van der Waals surface area contributed by atoms with Crippen molar-refractivity contribution in [2.24, 2.45) is 0 Å². The molecule has 0 amide bonds. The fraction of sp³-hybridized carbons (Fsp3) is 1.00. The van der Waals surface area contributed by atoms with E-state index in [2.05, 4.69) is 0 Å². The fourth-order valence-corrected chi connectivity index (χ4v) is 3.88. The normalized spacial score (nSPS) is 13.3. The Hall–Kier alpha value is -0.130. The molecule has 23 heavy (non-hydrogen) atoms. The molecule has 0 rings (SSSR count). The molecule has 0 saturated carbocycles. The second-order valence-corrected chi connectivity index (χ2v) is 8.35. The lowest BCUT2D eigenvalue weighted by Gasteiger charge is -2.10. The minimum atomic E-state index is -3.85. The summed E-state index contributed by atoms with van der Waals surface area (Å²) in [6, 6.07) is 0. The van der Waals surface area contributed by atoms with Gasteiger partial charge in [0.1, 0.15) is 0 Å². The maximum atomic E-state index is 11.1. The Bertz CT molecular complexity index is 341. The first-order valence-corrected chi connectivity index (χ1v) is 11.1. The number of aliphatic hydroxyl groups excluding tert-OH is 1. The number of hydrogen-bond donors (Lipinski definition) is 2. The molecule has 0 spiro atoms. The van der Waals surface area contributed by atoms with Gasteiger partial charge in [-0.3, -0.25) is 4.55 Å². The van der Waals surface area contributed by atoms with Crippen molar-refractivity contribution < 1.29 is 18.1 Å². The summed E-state index contributed by atoms with van der Waals surface area (Å²) in [5.41, 5.74) is 0. The summed E-state index contributed by atoms with van der Waals surface area (Å²) in [6.07, 6.45) is 16.7. The van der Waals surface area contributed by atoms with Gasteiger partial charge in [0.05, 0.1) is 5.25 Å². The summed E-state index contributed by atoms with van der Waals surface area (Å²) in [7, 11) is -3.85. The van der Waals surface area contributed by atoms with E-state index < -0.39 is 15.4 Å². The first-order valence-electron chi connectivity index (χ1n) is 9.59. The average molecular weight is 351 g/mol. The predicted octanol–water partition coefficient (Wildman–Crippen LogP) is 5.11. The number of hydrogen-bond acceptors (Lipinski definition) is 3. The van der Waals surface area contributed by atoms with Gasteiger partial charge in [-0.05, 0) is 19.3 Å². The van der Waals surface area contributed by atoms with Gasteiger partial charge >= 0.3 is 0 Å². The summed E-state index contributed by atoms with van der Waals surface area (Å²) in [6.45, 7) is 2.14.